The predicted octanol–water partition coefficient (Wildman–Crippen LogP) is 3.78. The zero-order valence-electron chi connectivity index (χ0n) is 13.3. The molecule has 0 radical (unpaired) electrons. The maximum absolute atomic E-state index is 11.7. The summed E-state index contributed by atoms with van der Waals surface area (Å²) in [4.78, 5) is 14.0. The Hall–Kier alpha value is -0.570. The minimum absolute atomic E-state index is 0.242. The molecule has 0 spiro atoms. The van der Waals surface area contributed by atoms with Gasteiger partial charge in [-0.25, -0.2) is 0 Å². The van der Waals surface area contributed by atoms with Crippen molar-refractivity contribution < 1.29 is 9.90 Å². The molecular formula is C17H31NO2. The van der Waals surface area contributed by atoms with Gasteiger partial charge >= 0.3 is 5.97 Å². The van der Waals surface area contributed by atoms with Crippen molar-refractivity contribution in [2.24, 2.45) is 17.8 Å². The number of carboxylic acid groups (broad SMARTS) is 1. The smallest absolute Gasteiger partial charge is 0.320 e. The van der Waals surface area contributed by atoms with Crippen LogP contribution in [-0.2, 0) is 4.79 Å². The lowest BCUT2D eigenvalue weighted by molar-refractivity contribution is -0.145. The van der Waals surface area contributed by atoms with Gasteiger partial charge in [-0.3, -0.25) is 9.69 Å². The molecular weight excluding hydrogens is 250 g/mol. The second kappa shape index (κ2) is 6.93. The summed E-state index contributed by atoms with van der Waals surface area (Å²) in [6, 6.07) is 0.243. The maximum Gasteiger partial charge on any atom is 0.320 e. The van der Waals surface area contributed by atoms with Gasteiger partial charge in [-0.15, -0.1) is 0 Å². The molecule has 2 rings (SSSR count). The van der Waals surface area contributed by atoms with Gasteiger partial charge in [-0.05, 0) is 50.0 Å². The molecule has 0 aromatic carbocycles. The van der Waals surface area contributed by atoms with Crippen molar-refractivity contribution in [3.8, 4) is 0 Å². The zero-order valence-corrected chi connectivity index (χ0v) is 13.3. The molecule has 4 unspecified atom stereocenters. The third-order valence-corrected chi connectivity index (χ3v) is 5.49. The first-order valence-corrected chi connectivity index (χ1v) is 8.49. The lowest BCUT2D eigenvalue weighted by Crippen LogP contribution is -2.52. The average molecular weight is 281 g/mol. The van der Waals surface area contributed by atoms with E-state index in [0.717, 1.165) is 25.3 Å². The summed E-state index contributed by atoms with van der Waals surface area (Å²) in [6.45, 7) is 7.93. The van der Waals surface area contributed by atoms with Gasteiger partial charge < -0.3 is 5.11 Å². The van der Waals surface area contributed by atoms with Crippen LogP contribution in [0.1, 0.15) is 65.7 Å². The normalized spacial score (nSPS) is 36.8. The van der Waals surface area contributed by atoms with Crippen LogP contribution in [-0.4, -0.2) is 34.6 Å². The van der Waals surface area contributed by atoms with Crippen LogP contribution in [0.3, 0.4) is 0 Å². The Morgan fingerprint density at radius 1 is 1.15 bits per heavy atom. The van der Waals surface area contributed by atoms with E-state index in [0.29, 0.717) is 17.9 Å². The summed E-state index contributed by atoms with van der Waals surface area (Å²) in [5.74, 6) is 1.47. The van der Waals surface area contributed by atoms with E-state index in [1.54, 1.807) is 0 Å². The SMILES string of the molecule is CC1CCC(C(C)C)C(N2CCCCCC2C(=O)O)C1. The van der Waals surface area contributed by atoms with Crippen LogP contribution in [0.2, 0.25) is 0 Å². The third kappa shape index (κ3) is 3.55. The molecule has 0 aromatic heterocycles. The molecule has 1 N–H and O–H groups in total. The van der Waals surface area contributed by atoms with Crippen LogP contribution in [0.4, 0.5) is 0 Å². The Bertz CT molecular complexity index is 329. The van der Waals surface area contributed by atoms with Crippen LogP contribution >= 0.6 is 0 Å². The fourth-order valence-electron chi connectivity index (χ4n) is 4.33. The van der Waals surface area contributed by atoms with Gasteiger partial charge in [0.1, 0.15) is 6.04 Å². The van der Waals surface area contributed by atoms with Crippen molar-refractivity contribution in [1.29, 1.82) is 0 Å². The van der Waals surface area contributed by atoms with Crippen LogP contribution in [0.5, 0.6) is 0 Å². The number of likely N-dealkylation sites (tertiary alicyclic amines) is 1. The Morgan fingerprint density at radius 2 is 1.90 bits per heavy atom. The summed E-state index contributed by atoms with van der Waals surface area (Å²) < 4.78 is 0. The number of carbonyl (C=O) groups is 1. The first kappa shape index (κ1) is 15.8. The van der Waals surface area contributed by atoms with Gasteiger partial charge in [0.25, 0.3) is 0 Å². The van der Waals surface area contributed by atoms with Crippen molar-refractivity contribution in [3.63, 3.8) is 0 Å². The Kier molecular flexibility index (Phi) is 5.48. The molecule has 2 fully saturated rings. The minimum atomic E-state index is -0.604. The van der Waals surface area contributed by atoms with E-state index in [-0.39, 0.29) is 6.04 Å². The molecule has 0 bridgehead atoms. The van der Waals surface area contributed by atoms with E-state index in [1.165, 1.54) is 32.1 Å². The molecule has 4 atom stereocenters. The van der Waals surface area contributed by atoms with Gasteiger partial charge in [0, 0.05) is 6.04 Å². The molecule has 1 heterocycles. The maximum atomic E-state index is 11.7. The molecule has 1 aliphatic carbocycles. The van der Waals surface area contributed by atoms with E-state index in [1.807, 2.05) is 0 Å². The molecule has 2 aliphatic rings. The fraction of sp³-hybridized carbons (Fsp3) is 0.941. The fourth-order valence-corrected chi connectivity index (χ4v) is 4.33. The first-order valence-electron chi connectivity index (χ1n) is 8.49. The van der Waals surface area contributed by atoms with Crippen molar-refractivity contribution in [1.82, 2.24) is 4.90 Å². The van der Waals surface area contributed by atoms with E-state index in [9.17, 15) is 9.90 Å². The summed E-state index contributed by atoms with van der Waals surface area (Å²) in [5.41, 5.74) is 0. The number of hydrogen-bond donors (Lipinski definition) is 1. The van der Waals surface area contributed by atoms with E-state index >= 15 is 0 Å². The van der Waals surface area contributed by atoms with Crippen molar-refractivity contribution in [2.75, 3.05) is 6.54 Å². The highest BCUT2D eigenvalue weighted by molar-refractivity contribution is 5.73. The molecule has 20 heavy (non-hydrogen) atoms. The van der Waals surface area contributed by atoms with Crippen LogP contribution in [0.25, 0.3) is 0 Å². The lowest BCUT2D eigenvalue weighted by Gasteiger charge is -2.45. The van der Waals surface area contributed by atoms with Gasteiger partial charge in [-0.1, -0.05) is 40.0 Å². The quantitative estimate of drug-likeness (QED) is 0.856. The number of aliphatic carboxylic acids is 1. The van der Waals surface area contributed by atoms with Crippen molar-refractivity contribution in [2.45, 2.75) is 77.8 Å². The number of carboxylic acids is 1. The first-order chi connectivity index (χ1) is 9.50. The highest BCUT2D eigenvalue weighted by Gasteiger charge is 2.39. The third-order valence-electron chi connectivity index (χ3n) is 5.49. The van der Waals surface area contributed by atoms with Crippen LogP contribution in [0.15, 0.2) is 0 Å². The van der Waals surface area contributed by atoms with E-state index in [4.69, 9.17) is 0 Å². The Balaban J connectivity index is 2.20. The zero-order chi connectivity index (χ0) is 14.7. The van der Waals surface area contributed by atoms with Gasteiger partial charge in [0.2, 0.25) is 0 Å². The van der Waals surface area contributed by atoms with Gasteiger partial charge in [0.15, 0.2) is 0 Å². The number of nitrogens with zero attached hydrogens (tertiary/aromatic N) is 1. The van der Waals surface area contributed by atoms with Crippen molar-refractivity contribution in [3.05, 3.63) is 0 Å². The number of rotatable bonds is 3. The van der Waals surface area contributed by atoms with Crippen molar-refractivity contribution >= 4 is 5.97 Å². The molecule has 1 aliphatic heterocycles. The molecule has 3 heteroatoms. The number of hydrogen-bond acceptors (Lipinski definition) is 2. The highest BCUT2D eigenvalue weighted by atomic mass is 16.4. The van der Waals surface area contributed by atoms with E-state index in [2.05, 4.69) is 25.7 Å². The standard InChI is InChI=1S/C17H31NO2/c1-12(2)14-9-8-13(3)11-16(14)18-10-6-4-5-7-15(18)17(19)20/h12-16H,4-11H2,1-3H3,(H,19,20). The van der Waals surface area contributed by atoms with Crippen LogP contribution < -0.4 is 0 Å². The van der Waals surface area contributed by atoms with Gasteiger partial charge in [-0.2, -0.15) is 0 Å². The predicted molar refractivity (Wildman–Crippen MR) is 81.7 cm³/mol. The summed E-state index contributed by atoms with van der Waals surface area (Å²) in [6.07, 6.45) is 8.03. The molecule has 1 saturated carbocycles. The lowest BCUT2D eigenvalue weighted by atomic mass is 9.73. The van der Waals surface area contributed by atoms with Crippen LogP contribution in [0, 0.1) is 17.8 Å². The second-order valence-electron chi connectivity index (χ2n) is 7.33. The summed E-state index contributed by atoms with van der Waals surface area (Å²) in [7, 11) is 0. The molecule has 1 saturated heterocycles. The topological polar surface area (TPSA) is 40.5 Å². The largest absolute Gasteiger partial charge is 0.480 e. The Labute approximate surface area is 123 Å². The highest BCUT2D eigenvalue weighted by Crippen LogP contribution is 2.38. The monoisotopic (exact) mass is 281 g/mol. The van der Waals surface area contributed by atoms with Gasteiger partial charge in [0.05, 0.1) is 0 Å². The Morgan fingerprint density at radius 3 is 2.55 bits per heavy atom. The van der Waals surface area contributed by atoms with E-state index < -0.39 is 5.97 Å². The minimum Gasteiger partial charge on any atom is -0.480 e. The molecule has 0 aromatic rings. The summed E-state index contributed by atoms with van der Waals surface area (Å²) >= 11 is 0. The molecule has 116 valence electrons. The molecule has 3 nitrogen and oxygen atoms in total. The molecule has 0 amide bonds. The summed E-state index contributed by atoms with van der Waals surface area (Å²) in [5, 5.41) is 9.61. The second-order valence-corrected chi connectivity index (χ2v) is 7.33. The average Bonchev–Trinajstić information content (AvgIpc) is 2.63.